The Labute approximate surface area is 164 Å². The van der Waals surface area contributed by atoms with Crippen LogP contribution in [0.2, 0.25) is 0 Å². The Kier molecular flexibility index (Phi) is 5.21. The highest BCUT2D eigenvalue weighted by Gasteiger charge is 2.26. The summed E-state index contributed by atoms with van der Waals surface area (Å²) in [6.07, 6.45) is 1.60. The van der Waals surface area contributed by atoms with Crippen LogP contribution in [0.5, 0.6) is 0 Å². The highest BCUT2D eigenvalue weighted by atomic mass is 19.1. The molecule has 28 heavy (non-hydrogen) atoms. The number of carbonyl (C=O) groups is 1. The molecule has 3 aromatic rings. The Balaban J connectivity index is 1.75. The van der Waals surface area contributed by atoms with Crippen LogP contribution in [0.15, 0.2) is 60.8 Å². The van der Waals surface area contributed by atoms with Crippen molar-refractivity contribution in [2.45, 2.75) is 6.92 Å². The Morgan fingerprint density at radius 2 is 1.79 bits per heavy atom. The summed E-state index contributed by atoms with van der Waals surface area (Å²) in [6, 6.07) is 15.9. The van der Waals surface area contributed by atoms with Crippen LogP contribution in [-0.4, -0.2) is 58.2 Å². The van der Waals surface area contributed by atoms with Crippen LogP contribution in [0.25, 0.3) is 16.9 Å². The summed E-state index contributed by atoms with van der Waals surface area (Å²) >= 11 is 0. The number of hydrogen-bond donors (Lipinski definition) is 0. The second kappa shape index (κ2) is 7.94. The van der Waals surface area contributed by atoms with Gasteiger partial charge < -0.3 is 9.80 Å². The van der Waals surface area contributed by atoms with Crippen LogP contribution >= 0.6 is 0 Å². The lowest BCUT2D eigenvalue weighted by Crippen LogP contribution is -2.48. The molecule has 6 heteroatoms. The van der Waals surface area contributed by atoms with Crippen LogP contribution in [0, 0.1) is 5.82 Å². The third-order valence-corrected chi connectivity index (χ3v) is 5.21. The number of hydrogen-bond acceptors (Lipinski definition) is 3. The molecule has 2 aromatic carbocycles. The van der Waals surface area contributed by atoms with E-state index in [2.05, 4.69) is 16.9 Å². The molecule has 1 aromatic heterocycles. The Morgan fingerprint density at radius 3 is 2.46 bits per heavy atom. The molecule has 0 aliphatic carbocycles. The molecular formula is C22H23FN4O. The normalized spacial score (nSPS) is 15.0. The van der Waals surface area contributed by atoms with E-state index in [1.807, 2.05) is 35.2 Å². The van der Waals surface area contributed by atoms with Gasteiger partial charge in [-0.25, -0.2) is 9.07 Å². The van der Waals surface area contributed by atoms with E-state index in [9.17, 15) is 9.18 Å². The molecule has 1 fully saturated rings. The number of likely N-dealkylation sites (N-methyl/N-ethyl adjacent to an activating group) is 1. The number of halogens is 1. The topological polar surface area (TPSA) is 41.4 Å². The van der Waals surface area contributed by atoms with Gasteiger partial charge in [0.2, 0.25) is 0 Å². The van der Waals surface area contributed by atoms with Crippen molar-refractivity contribution >= 4 is 5.91 Å². The minimum absolute atomic E-state index is 0.0303. The maximum Gasteiger partial charge on any atom is 0.257 e. The van der Waals surface area contributed by atoms with Crippen molar-refractivity contribution in [2.75, 3.05) is 32.7 Å². The van der Waals surface area contributed by atoms with E-state index in [1.54, 1.807) is 23.0 Å². The maximum absolute atomic E-state index is 13.8. The number of aromatic nitrogens is 2. The first-order valence-corrected chi connectivity index (χ1v) is 9.58. The fourth-order valence-corrected chi connectivity index (χ4v) is 3.62. The van der Waals surface area contributed by atoms with E-state index in [1.165, 1.54) is 12.1 Å². The molecule has 1 aliphatic rings. The van der Waals surface area contributed by atoms with Gasteiger partial charge in [0.25, 0.3) is 5.91 Å². The summed E-state index contributed by atoms with van der Waals surface area (Å²) in [5, 5.41) is 4.44. The molecule has 0 N–H and O–H groups in total. The lowest BCUT2D eigenvalue weighted by Gasteiger charge is -2.34. The van der Waals surface area contributed by atoms with Gasteiger partial charge in [0.05, 0.1) is 23.1 Å². The molecule has 0 atom stereocenters. The monoisotopic (exact) mass is 378 g/mol. The van der Waals surface area contributed by atoms with Crippen LogP contribution < -0.4 is 0 Å². The van der Waals surface area contributed by atoms with Crippen LogP contribution in [0.4, 0.5) is 4.39 Å². The van der Waals surface area contributed by atoms with Gasteiger partial charge in [0, 0.05) is 31.7 Å². The molecule has 2 heterocycles. The molecule has 0 unspecified atom stereocenters. The maximum atomic E-state index is 13.8. The third-order valence-electron chi connectivity index (χ3n) is 5.21. The van der Waals surface area contributed by atoms with Crippen LogP contribution in [0.3, 0.4) is 0 Å². The molecule has 5 nitrogen and oxygen atoms in total. The number of carbonyl (C=O) groups excluding carboxylic acids is 1. The second-order valence-corrected chi connectivity index (χ2v) is 6.89. The predicted molar refractivity (Wildman–Crippen MR) is 107 cm³/mol. The number of nitrogens with zero attached hydrogens (tertiary/aromatic N) is 4. The highest BCUT2D eigenvalue weighted by Crippen LogP contribution is 2.28. The SMILES string of the molecule is CCN1CCN(C(=O)c2cnn(-c3cccc(F)c3)c2-c2ccccc2)CC1. The Hall–Kier alpha value is -2.99. The van der Waals surface area contributed by atoms with Crippen molar-refractivity contribution in [1.82, 2.24) is 19.6 Å². The second-order valence-electron chi connectivity index (χ2n) is 6.89. The summed E-state index contributed by atoms with van der Waals surface area (Å²) < 4.78 is 15.4. The van der Waals surface area contributed by atoms with E-state index >= 15 is 0 Å². The van der Waals surface area contributed by atoms with Crippen LogP contribution in [-0.2, 0) is 0 Å². The fraction of sp³-hybridized carbons (Fsp3) is 0.273. The van der Waals surface area contributed by atoms with Crippen molar-refractivity contribution in [2.24, 2.45) is 0 Å². The van der Waals surface area contributed by atoms with E-state index in [0.717, 1.165) is 25.2 Å². The van der Waals surface area contributed by atoms with Gasteiger partial charge in [-0.1, -0.05) is 43.3 Å². The molecule has 1 amide bonds. The summed E-state index contributed by atoms with van der Waals surface area (Å²) in [6.45, 7) is 6.28. The van der Waals surface area contributed by atoms with Crippen molar-refractivity contribution in [3.63, 3.8) is 0 Å². The predicted octanol–water partition coefficient (Wildman–Crippen LogP) is 3.46. The molecule has 0 spiro atoms. The van der Waals surface area contributed by atoms with Gasteiger partial charge in [-0.05, 0) is 24.7 Å². The average molecular weight is 378 g/mol. The van der Waals surface area contributed by atoms with Gasteiger partial charge in [0.15, 0.2) is 0 Å². The zero-order valence-electron chi connectivity index (χ0n) is 15.9. The van der Waals surface area contributed by atoms with Crippen molar-refractivity contribution in [1.29, 1.82) is 0 Å². The number of benzene rings is 2. The van der Waals surface area contributed by atoms with Gasteiger partial charge in [-0.15, -0.1) is 0 Å². The van der Waals surface area contributed by atoms with E-state index in [0.29, 0.717) is 30.0 Å². The molecule has 4 rings (SSSR count). The first-order valence-electron chi connectivity index (χ1n) is 9.58. The van der Waals surface area contributed by atoms with Crippen LogP contribution in [0.1, 0.15) is 17.3 Å². The minimum Gasteiger partial charge on any atom is -0.336 e. The lowest BCUT2D eigenvalue weighted by atomic mass is 10.1. The first-order chi connectivity index (χ1) is 13.7. The molecular weight excluding hydrogens is 355 g/mol. The summed E-state index contributed by atoms with van der Waals surface area (Å²) in [5.74, 6) is -0.368. The van der Waals surface area contributed by atoms with Crippen molar-refractivity contribution in [3.8, 4) is 16.9 Å². The third kappa shape index (κ3) is 3.55. The molecule has 0 bridgehead atoms. The van der Waals surface area contributed by atoms with E-state index in [-0.39, 0.29) is 11.7 Å². The zero-order valence-corrected chi connectivity index (χ0v) is 15.9. The quantitative estimate of drug-likeness (QED) is 0.698. The van der Waals surface area contributed by atoms with Gasteiger partial charge >= 0.3 is 0 Å². The van der Waals surface area contributed by atoms with E-state index in [4.69, 9.17) is 0 Å². The standard InChI is InChI=1S/C22H23FN4O/c1-2-25-11-13-26(14-12-25)22(28)20-16-24-27(19-10-6-9-18(23)15-19)21(20)17-7-4-3-5-8-17/h3-10,15-16H,2,11-14H2,1H3. The van der Waals surface area contributed by atoms with Gasteiger partial charge in [-0.3, -0.25) is 4.79 Å². The summed E-state index contributed by atoms with van der Waals surface area (Å²) in [4.78, 5) is 17.5. The number of amides is 1. The molecule has 144 valence electrons. The Bertz CT molecular complexity index is 962. The first kappa shape index (κ1) is 18.4. The van der Waals surface area contributed by atoms with Gasteiger partial charge in [0.1, 0.15) is 5.82 Å². The average Bonchev–Trinajstić information content (AvgIpc) is 3.19. The van der Waals surface area contributed by atoms with E-state index < -0.39 is 0 Å². The molecule has 1 saturated heterocycles. The zero-order chi connectivity index (χ0) is 19.5. The van der Waals surface area contributed by atoms with Crippen molar-refractivity contribution < 1.29 is 9.18 Å². The van der Waals surface area contributed by atoms with Crippen molar-refractivity contribution in [3.05, 3.63) is 72.2 Å². The smallest absolute Gasteiger partial charge is 0.257 e. The number of rotatable bonds is 4. The number of piperazine rings is 1. The lowest BCUT2D eigenvalue weighted by molar-refractivity contribution is 0.0644. The largest absolute Gasteiger partial charge is 0.336 e. The molecule has 1 aliphatic heterocycles. The fourth-order valence-electron chi connectivity index (χ4n) is 3.62. The Morgan fingerprint density at radius 1 is 1.04 bits per heavy atom. The molecule has 0 radical (unpaired) electrons. The van der Waals surface area contributed by atoms with Gasteiger partial charge in [-0.2, -0.15) is 5.10 Å². The summed E-state index contributed by atoms with van der Waals surface area (Å²) in [5.41, 5.74) is 2.70. The molecule has 0 saturated carbocycles. The highest BCUT2D eigenvalue weighted by molar-refractivity contribution is 6.00. The minimum atomic E-state index is -0.337. The summed E-state index contributed by atoms with van der Waals surface area (Å²) in [7, 11) is 0.